The van der Waals surface area contributed by atoms with Crippen molar-refractivity contribution in [3.05, 3.63) is 94.0 Å². The van der Waals surface area contributed by atoms with Crippen LogP contribution in [0.15, 0.2) is 72.8 Å². The molecule has 0 atom stereocenters. The lowest BCUT2D eigenvalue weighted by molar-refractivity contribution is -0.384. The van der Waals surface area contributed by atoms with Gasteiger partial charge in [-0.1, -0.05) is 25.1 Å². The zero-order valence-electron chi connectivity index (χ0n) is 16.7. The largest absolute Gasteiger partial charge is 0.457 e. The minimum Gasteiger partial charge on any atom is -0.457 e. The number of nitro groups is 1. The van der Waals surface area contributed by atoms with Crippen LogP contribution in [0.1, 0.15) is 29.3 Å². The maximum atomic E-state index is 12.4. The van der Waals surface area contributed by atoms with Crippen LogP contribution in [0.25, 0.3) is 0 Å². The number of nitrogens with one attached hydrogen (secondary N) is 1. The average Bonchev–Trinajstić information content (AvgIpc) is 2.78. The van der Waals surface area contributed by atoms with Crippen LogP contribution in [0.4, 0.5) is 11.4 Å². The van der Waals surface area contributed by atoms with Gasteiger partial charge in [0.05, 0.1) is 10.5 Å². The van der Waals surface area contributed by atoms with Gasteiger partial charge in [-0.2, -0.15) is 0 Å². The second-order valence-corrected chi connectivity index (χ2v) is 6.56. The molecule has 0 radical (unpaired) electrons. The van der Waals surface area contributed by atoms with Crippen molar-refractivity contribution in [1.29, 1.82) is 0 Å². The van der Waals surface area contributed by atoms with E-state index in [1.54, 1.807) is 55.5 Å². The van der Waals surface area contributed by atoms with Crippen LogP contribution in [0.5, 0.6) is 11.5 Å². The molecule has 8 nitrogen and oxygen atoms in total. The Morgan fingerprint density at radius 2 is 1.71 bits per heavy atom. The van der Waals surface area contributed by atoms with E-state index in [0.717, 1.165) is 0 Å². The molecule has 3 rings (SSSR count). The van der Waals surface area contributed by atoms with Crippen molar-refractivity contribution in [2.75, 3.05) is 5.32 Å². The van der Waals surface area contributed by atoms with Crippen LogP contribution in [0.3, 0.4) is 0 Å². The Morgan fingerprint density at radius 1 is 0.968 bits per heavy atom. The van der Waals surface area contributed by atoms with Gasteiger partial charge in [-0.25, -0.2) is 4.79 Å². The number of carbonyl (C=O) groups is 2. The Kier molecular flexibility index (Phi) is 6.95. The van der Waals surface area contributed by atoms with E-state index in [-0.39, 0.29) is 18.2 Å². The molecule has 0 bridgehead atoms. The number of anilines is 1. The molecule has 158 valence electrons. The van der Waals surface area contributed by atoms with Crippen molar-refractivity contribution in [3.63, 3.8) is 0 Å². The Bertz CT molecular complexity index is 1100. The highest BCUT2D eigenvalue weighted by Crippen LogP contribution is 2.25. The van der Waals surface area contributed by atoms with E-state index in [4.69, 9.17) is 9.47 Å². The van der Waals surface area contributed by atoms with Crippen molar-refractivity contribution in [3.8, 4) is 11.5 Å². The summed E-state index contributed by atoms with van der Waals surface area (Å²) in [5.74, 6) is 0.294. The van der Waals surface area contributed by atoms with E-state index in [0.29, 0.717) is 34.7 Å². The van der Waals surface area contributed by atoms with Crippen molar-refractivity contribution in [1.82, 2.24) is 0 Å². The van der Waals surface area contributed by atoms with E-state index in [9.17, 15) is 19.7 Å². The predicted molar refractivity (Wildman–Crippen MR) is 114 cm³/mol. The Hall–Kier alpha value is -4.20. The van der Waals surface area contributed by atoms with Crippen LogP contribution >= 0.6 is 0 Å². The molecule has 0 aromatic heterocycles. The maximum Gasteiger partial charge on any atom is 0.338 e. The topological polar surface area (TPSA) is 108 Å². The molecule has 0 unspecified atom stereocenters. The minimum absolute atomic E-state index is 0.0219. The minimum atomic E-state index is -0.519. The summed E-state index contributed by atoms with van der Waals surface area (Å²) in [5, 5.41) is 13.4. The van der Waals surface area contributed by atoms with Crippen LogP contribution in [0.2, 0.25) is 0 Å². The maximum absolute atomic E-state index is 12.4. The zero-order valence-corrected chi connectivity index (χ0v) is 16.7. The summed E-state index contributed by atoms with van der Waals surface area (Å²) >= 11 is 0. The first-order valence-electron chi connectivity index (χ1n) is 9.53. The Morgan fingerprint density at radius 3 is 2.42 bits per heavy atom. The summed E-state index contributed by atoms with van der Waals surface area (Å²) in [7, 11) is 0. The quantitative estimate of drug-likeness (QED) is 0.309. The van der Waals surface area contributed by atoms with Gasteiger partial charge in [0.1, 0.15) is 18.1 Å². The second-order valence-electron chi connectivity index (χ2n) is 6.56. The van der Waals surface area contributed by atoms with E-state index in [2.05, 4.69) is 5.32 Å². The number of hydrogen-bond acceptors (Lipinski definition) is 6. The van der Waals surface area contributed by atoms with E-state index in [1.807, 2.05) is 0 Å². The SMILES string of the molecule is CCC(=O)Nc1cccc(C(=O)OCc2cccc(Oc3ccc([N+](=O)[O-])cc3)c2)c1. The fourth-order valence-corrected chi connectivity index (χ4v) is 2.68. The third-order valence-electron chi connectivity index (χ3n) is 4.25. The first-order valence-corrected chi connectivity index (χ1v) is 9.53. The van der Waals surface area contributed by atoms with Gasteiger partial charge in [0.25, 0.3) is 5.69 Å². The van der Waals surface area contributed by atoms with Crippen molar-refractivity contribution in [2.45, 2.75) is 20.0 Å². The first-order chi connectivity index (χ1) is 14.9. The fraction of sp³-hybridized carbons (Fsp3) is 0.130. The molecule has 0 aliphatic carbocycles. The molecule has 0 spiro atoms. The number of nitrogens with zero attached hydrogens (tertiary/aromatic N) is 1. The van der Waals surface area contributed by atoms with Gasteiger partial charge in [-0.3, -0.25) is 14.9 Å². The molecule has 0 aliphatic rings. The third kappa shape index (κ3) is 6.14. The number of nitro benzene ring substituents is 1. The van der Waals surface area contributed by atoms with Crippen molar-refractivity contribution >= 4 is 23.3 Å². The lowest BCUT2D eigenvalue weighted by Gasteiger charge is -2.09. The summed E-state index contributed by atoms with van der Waals surface area (Å²) in [4.78, 5) is 34.1. The molecule has 0 saturated carbocycles. The predicted octanol–water partition coefficient (Wildman–Crippen LogP) is 5.09. The van der Waals surface area contributed by atoms with Gasteiger partial charge in [0.15, 0.2) is 0 Å². The van der Waals surface area contributed by atoms with Crippen LogP contribution < -0.4 is 10.1 Å². The van der Waals surface area contributed by atoms with E-state index >= 15 is 0 Å². The number of benzene rings is 3. The molecule has 3 aromatic carbocycles. The second kappa shape index (κ2) is 10.0. The molecule has 31 heavy (non-hydrogen) atoms. The van der Waals surface area contributed by atoms with E-state index < -0.39 is 10.9 Å². The summed E-state index contributed by atoms with van der Waals surface area (Å²) in [6.07, 6.45) is 0.340. The number of rotatable bonds is 8. The molecule has 1 amide bonds. The number of esters is 1. The Labute approximate surface area is 178 Å². The molecule has 0 heterocycles. The number of hydrogen-bond donors (Lipinski definition) is 1. The third-order valence-corrected chi connectivity index (χ3v) is 4.25. The Balaban J connectivity index is 1.61. The molecule has 3 aromatic rings. The van der Waals surface area contributed by atoms with Gasteiger partial charge in [0.2, 0.25) is 5.91 Å². The highest BCUT2D eigenvalue weighted by Gasteiger charge is 2.10. The zero-order chi connectivity index (χ0) is 22.2. The first kappa shape index (κ1) is 21.5. The van der Waals surface area contributed by atoms with Crippen molar-refractivity contribution < 1.29 is 24.0 Å². The molecular weight excluding hydrogens is 400 g/mol. The van der Waals surface area contributed by atoms with E-state index in [1.165, 1.54) is 24.3 Å². The fourth-order valence-electron chi connectivity index (χ4n) is 2.68. The monoisotopic (exact) mass is 420 g/mol. The number of carbonyl (C=O) groups excluding carboxylic acids is 2. The van der Waals surface area contributed by atoms with Gasteiger partial charge in [-0.05, 0) is 48.0 Å². The van der Waals surface area contributed by atoms with Crippen LogP contribution in [-0.4, -0.2) is 16.8 Å². The van der Waals surface area contributed by atoms with Crippen LogP contribution in [0, 0.1) is 10.1 Å². The van der Waals surface area contributed by atoms with Crippen molar-refractivity contribution in [2.24, 2.45) is 0 Å². The van der Waals surface area contributed by atoms with Gasteiger partial charge < -0.3 is 14.8 Å². The standard InChI is InChI=1S/C23H20N2O6/c1-2-22(26)24-18-7-4-6-17(14-18)23(27)30-15-16-5-3-8-21(13-16)31-20-11-9-19(10-12-20)25(28)29/h3-14H,2,15H2,1H3,(H,24,26). The highest BCUT2D eigenvalue weighted by molar-refractivity contribution is 5.94. The lowest BCUT2D eigenvalue weighted by Crippen LogP contribution is -2.11. The number of non-ortho nitro benzene ring substituents is 1. The summed E-state index contributed by atoms with van der Waals surface area (Å²) < 4.78 is 11.1. The highest BCUT2D eigenvalue weighted by atomic mass is 16.6. The number of ether oxygens (including phenoxy) is 2. The normalized spacial score (nSPS) is 10.2. The smallest absolute Gasteiger partial charge is 0.338 e. The molecule has 8 heteroatoms. The van der Waals surface area contributed by atoms with Gasteiger partial charge >= 0.3 is 5.97 Å². The van der Waals surface area contributed by atoms with Crippen LogP contribution in [-0.2, 0) is 16.1 Å². The summed E-state index contributed by atoms with van der Waals surface area (Å²) in [6.45, 7) is 1.77. The summed E-state index contributed by atoms with van der Waals surface area (Å²) in [5.41, 5.74) is 1.54. The van der Waals surface area contributed by atoms with Gasteiger partial charge in [-0.15, -0.1) is 0 Å². The number of amides is 1. The molecule has 0 aliphatic heterocycles. The molecule has 0 saturated heterocycles. The molecular formula is C23H20N2O6. The molecule has 1 N–H and O–H groups in total. The summed E-state index contributed by atoms with van der Waals surface area (Å²) in [6, 6.07) is 19.3. The average molecular weight is 420 g/mol. The lowest BCUT2D eigenvalue weighted by atomic mass is 10.2. The van der Waals surface area contributed by atoms with Gasteiger partial charge in [0, 0.05) is 24.2 Å². The molecule has 0 fully saturated rings.